The number of amides is 2. The molecule has 21 heteroatoms. The van der Waals surface area contributed by atoms with Crippen molar-refractivity contribution in [3.8, 4) is 22.3 Å². The fourth-order valence-electron chi connectivity index (χ4n) is 11.2. The van der Waals surface area contributed by atoms with E-state index >= 15 is 0 Å². The van der Waals surface area contributed by atoms with Gasteiger partial charge in [-0.05, 0) is 126 Å². The second kappa shape index (κ2) is 19.0. The van der Waals surface area contributed by atoms with Crippen molar-refractivity contribution in [2.24, 2.45) is 0 Å². The smallest absolute Gasteiger partial charge is 0.227 e. The predicted octanol–water partition coefficient (Wildman–Crippen LogP) is 8.08. The van der Waals surface area contributed by atoms with E-state index in [0.29, 0.717) is 88.8 Å². The van der Waals surface area contributed by atoms with Gasteiger partial charge < -0.3 is 28.4 Å². The number of carbonyl (C=O) groups excluding carboxylic acids is 2. The molecule has 4 aliphatic heterocycles. The maximum atomic E-state index is 14.6. The number of aryl methyl sites for hydroxylation is 5. The van der Waals surface area contributed by atoms with E-state index in [2.05, 4.69) is 36.9 Å². The summed E-state index contributed by atoms with van der Waals surface area (Å²) in [5.74, 6) is 2.67. The Labute approximate surface area is 417 Å². The van der Waals surface area contributed by atoms with Crippen LogP contribution in [0.5, 0.6) is 0 Å². The number of hydrogen-bond donors (Lipinski definition) is 1. The minimum absolute atomic E-state index is 0.00443. The molecule has 4 aromatic heterocycles. The topological polar surface area (TPSA) is 212 Å². The number of hydrogen-bond acceptors (Lipinski definition) is 12. The molecule has 0 aliphatic carbocycles. The average Bonchev–Trinajstić information content (AvgIpc) is 4.21. The normalized spacial score (nSPS) is 20.0. The largest absolute Gasteiger partial charge is 0.361 e. The van der Waals surface area contributed by atoms with E-state index in [1.54, 1.807) is 24.0 Å². The third kappa shape index (κ3) is 9.24. The standard InChI is InChI=1S/C29H32FN5O4S.C22H27N5O4S/c1-17-5-7-22(16-23(17)30)34-26(9-10-27(34)36)29-31-24-15-20(28-18(2)32-39-19(28)3)6-8-25(24)35(29)21-11-13-33(14-12-21)40(4,37)38;1-13-21(14(2)31-25-13)15-4-6-19-18(12-15)24-22(17-5-7-20(28)23-17)27(19)16-8-10-26(11-9-16)32(3,29)30/h5-8,15-16,21,26H,9-14H2,1-4H3;4,6,12,16-17H,5,7-11H2,1-3H3,(H,23,28)/t26-;17-/m00/s1. The number of sulfonamides is 2. The lowest BCUT2D eigenvalue weighted by molar-refractivity contribution is -0.119. The number of aromatic nitrogens is 6. The summed E-state index contributed by atoms with van der Waals surface area (Å²) in [4.78, 5) is 36.8. The Morgan fingerprint density at radius 2 is 1.12 bits per heavy atom. The average molecular weight is 1020 g/mol. The van der Waals surface area contributed by atoms with Gasteiger partial charge in [0.05, 0.1) is 58.0 Å². The van der Waals surface area contributed by atoms with E-state index in [1.165, 1.54) is 27.2 Å². The Bertz CT molecular complexity index is 3450. The van der Waals surface area contributed by atoms with E-state index in [0.717, 1.165) is 78.9 Å². The zero-order valence-electron chi connectivity index (χ0n) is 41.5. The first-order chi connectivity index (χ1) is 34.2. The van der Waals surface area contributed by atoms with Gasteiger partial charge in [0.2, 0.25) is 31.9 Å². The van der Waals surface area contributed by atoms with Crippen molar-refractivity contribution in [3.05, 3.63) is 101 Å². The van der Waals surface area contributed by atoms with Crippen LogP contribution >= 0.6 is 0 Å². The molecule has 0 saturated carbocycles. The summed E-state index contributed by atoms with van der Waals surface area (Å²) in [7, 11) is -6.48. The molecule has 8 heterocycles. The van der Waals surface area contributed by atoms with Gasteiger partial charge in [0, 0.05) is 67.9 Å². The number of carbonyl (C=O) groups is 2. The van der Waals surface area contributed by atoms with Crippen molar-refractivity contribution in [2.45, 2.75) is 110 Å². The van der Waals surface area contributed by atoms with Gasteiger partial charge in [0.15, 0.2) is 0 Å². The van der Waals surface area contributed by atoms with Crippen molar-refractivity contribution in [1.82, 2.24) is 43.3 Å². The lowest BCUT2D eigenvalue weighted by Gasteiger charge is -2.34. The van der Waals surface area contributed by atoms with Crippen molar-refractivity contribution in [1.29, 1.82) is 0 Å². The Kier molecular flexibility index (Phi) is 13.0. The summed E-state index contributed by atoms with van der Waals surface area (Å²) >= 11 is 0. The maximum Gasteiger partial charge on any atom is 0.227 e. The number of anilines is 1. The van der Waals surface area contributed by atoms with Gasteiger partial charge in [-0.2, -0.15) is 0 Å². The summed E-state index contributed by atoms with van der Waals surface area (Å²) in [6.45, 7) is 11.1. The molecule has 4 fully saturated rings. The Hall–Kier alpha value is -6.29. The van der Waals surface area contributed by atoms with Crippen molar-refractivity contribution < 1.29 is 39.9 Å². The third-order valence-electron chi connectivity index (χ3n) is 14.8. The molecule has 0 bridgehead atoms. The molecule has 18 nitrogen and oxygen atoms in total. The zero-order valence-corrected chi connectivity index (χ0v) is 43.1. The molecule has 0 radical (unpaired) electrons. The molecular formula is C51H59FN10O8S2. The van der Waals surface area contributed by atoms with Crippen LogP contribution in [0.2, 0.25) is 0 Å². The number of piperidine rings is 2. The molecule has 0 unspecified atom stereocenters. The van der Waals surface area contributed by atoms with Gasteiger partial charge >= 0.3 is 0 Å². The summed E-state index contributed by atoms with van der Waals surface area (Å²) in [6, 6.07) is 16.7. The van der Waals surface area contributed by atoms with Crippen LogP contribution in [-0.2, 0) is 29.6 Å². The molecule has 4 saturated heterocycles. The highest BCUT2D eigenvalue weighted by Crippen LogP contribution is 2.43. The highest BCUT2D eigenvalue weighted by molar-refractivity contribution is 7.88. The molecule has 2 atom stereocenters. The molecule has 0 spiro atoms. The number of nitrogens with one attached hydrogen (secondary N) is 1. The summed E-state index contributed by atoms with van der Waals surface area (Å²) in [6.07, 6.45) is 7.24. The van der Waals surface area contributed by atoms with Crippen LogP contribution in [0.4, 0.5) is 10.1 Å². The van der Waals surface area contributed by atoms with Gasteiger partial charge in [-0.15, -0.1) is 0 Å². The monoisotopic (exact) mass is 1020 g/mol. The number of nitrogens with zero attached hydrogens (tertiary/aromatic N) is 9. The third-order valence-corrected chi connectivity index (χ3v) is 17.4. The highest BCUT2D eigenvalue weighted by Gasteiger charge is 2.39. The van der Waals surface area contributed by atoms with E-state index in [-0.39, 0.29) is 41.8 Å². The molecule has 2 amide bonds. The van der Waals surface area contributed by atoms with E-state index < -0.39 is 20.0 Å². The minimum atomic E-state index is -3.28. The van der Waals surface area contributed by atoms with E-state index in [9.17, 15) is 30.8 Å². The highest BCUT2D eigenvalue weighted by atomic mass is 32.2. The van der Waals surface area contributed by atoms with Gasteiger partial charge in [0.1, 0.15) is 29.0 Å². The fourth-order valence-corrected chi connectivity index (χ4v) is 13.0. The Balaban J connectivity index is 0.000000170. The van der Waals surface area contributed by atoms with Gasteiger partial charge in [-0.1, -0.05) is 28.5 Å². The van der Waals surface area contributed by atoms with Crippen LogP contribution in [0, 0.1) is 40.4 Å². The summed E-state index contributed by atoms with van der Waals surface area (Å²) in [5, 5.41) is 11.2. The van der Waals surface area contributed by atoms with Crippen LogP contribution in [-0.4, -0.2) is 105 Å². The summed E-state index contributed by atoms with van der Waals surface area (Å²) in [5.41, 5.74) is 10.0. The van der Waals surface area contributed by atoms with E-state index in [4.69, 9.17) is 19.0 Å². The number of rotatable bonds is 9. The molecule has 4 aliphatic rings. The first kappa shape index (κ1) is 49.3. The quantitative estimate of drug-likeness (QED) is 0.145. The van der Waals surface area contributed by atoms with Crippen molar-refractivity contribution in [2.75, 3.05) is 43.6 Å². The predicted molar refractivity (Wildman–Crippen MR) is 269 cm³/mol. The van der Waals surface area contributed by atoms with Crippen LogP contribution in [0.3, 0.4) is 0 Å². The second-order valence-corrected chi connectivity index (χ2v) is 23.6. The van der Waals surface area contributed by atoms with E-state index in [1.807, 2.05) is 52.0 Å². The number of fused-ring (bicyclic) bond motifs is 2. The Morgan fingerprint density at radius 3 is 1.57 bits per heavy atom. The van der Waals surface area contributed by atoms with Gasteiger partial charge in [-0.3, -0.25) is 9.59 Å². The zero-order chi connectivity index (χ0) is 51.0. The van der Waals surface area contributed by atoms with Crippen LogP contribution in [0.1, 0.15) is 116 Å². The number of imidazole rings is 2. The maximum absolute atomic E-state index is 14.6. The molecule has 7 aromatic rings. The number of benzene rings is 3. The Morgan fingerprint density at radius 1 is 0.625 bits per heavy atom. The first-order valence-electron chi connectivity index (χ1n) is 24.4. The van der Waals surface area contributed by atoms with Crippen molar-refractivity contribution in [3.63, 3.8) is 0 Å². The second-order valence-electron chi connectivity index (χ2n) is 19.7. The van der Waals surface area contributed by atoms with Crippen LogP contribution < -0.4 is 10.2 Å². The SMILES string of the molecule is Cc1ccc(N2C(=O)CC[C@H]2c2nc3cc(-c4c(C)noc4C)ccc3n2C2CCN(S(C)(=O)=O)CC2)cc1F.Cc1noc(C)c1-c1ccc2c(c1)nc([C@@H]1CCC(=O)N1)n2C1CCN(S(C)(=O)=O)CC1. The lowest BCUT2D eigenvalue weighted by Crippen LogP contribution is -2.39. The lowest BCUT2D eigenvalue weighted by atomic mass is 10.0. The minimum Gasteiger partial charge on any atom is -0.361 e. The molecular weight excluding hydrogens is 964 g/mol. The summed E-state index contributed by atoms with van der Waals surface area (Å²) < 4.78 is 81.0. The van der Waals surface area contributed by atoms with Gasteiger partial charge in [-0.25, -0.2) is 39.8 Å². The fraction of sp³-hybridized carbons (Fsp3) is 0.451. The molecule has 3 aromatic carbocycles. The van der Waals surface area contributed by atoms with Crippen LogP contribution in [0.25, 0.3) is 44.3 Å². The molecule has 1 N–H and O–H groups in total. The molecule has 380 valence electrons. The first-order valence-corrected chi connectivity index (χ1v) is 28.1. The number of halogens is 1. The van der Waals surface area contributed by atoms with Crippen molar-refractivity contribution >= 4 is 59.6 Å². The van der Waals surface area contributed by atoms with Crippen LogP contribution in [0.15, 0.2) is 63.6 Å². The molecule has 11 rings (SSSR count). The molecule has 72 heavy (non-hydrogen) atoms. The van der Waals surface area contributed by atoms with Gasteiger partial charge in [0.25, 0.3) is 0 Å².